The number of amides is 1. The highest BCUT2D eigenvalue weighted by Gasteiger charge is 2.13. The summed E-state index contributed by atoms with van der Waals surface area (Å²) in [5, 5.41) is 8.73. The Balaban J connectivity index is 0.00000480. The summed E-state index contributed by atoms with van der Waals surface area (Å²) in [6.07, 6.45) is 0. The van der Waals surface area contributed by atoms with E-state index in [1.54, 1.807) is 21.3 Å². The van der Waals surface area contributed by atoms with E-state index in [9.17, 15) is 9.18 Å². The summed E-state index contributed by atoms with van der Waals surface area (Å²) in [5.74, 6) is 1.42. The molecule has 0 fully saturated rings. The van der Waals surface area contributed by atoms with Crippen LogP contribution in [0.25, 0.3) is 0 Å². The monoisotopic (exact) mass is 546 g/mol. The van der Waals surface area contributed by atoms with Gasteiger partial charge in [-0.25, -0.2) is 9.38 Å². The SMILES string of the molecule is CCNC(=NCc1cc(OC)c(OC)c(OC)c1)NCC(=O)Nc1ccc(F)cc1.I. The number of carbonyl (C=O) groups is 1. The molecule has 0 bridgehead atoms. The number of nitrogens with zero attached hydrogens (tertiary/aromatic N) is 1. The molecule has 31 heavy (non-hydrogen) atoms. The summed E-state index contributed by atoms with van der Waals surface area (Å²) >= 11 is 0. The molecule has 0 aliphatic heterocycles. The Labute approximate surface area is 198 Å². The Morgan fingerprint density at radius 1 is 1.00 bits per heavy atom. The Kier molecular flexibility index (Phi) is 11.5. The second-order valence-electron chi connectivity index (χ2n) is 6.14. The third kappa shape index (κ3) is 8.12. The number of hydrogen-bond donors (Lipinski definition) is 3. The van der Waals surface area contributed by atoms with Crippen LogP contribution in [0.2, 0.25) is 0 Å². The van der Waals surface area contributed by atoms with E-state index in [1.807, 2.05) is 19.1 Å². The number of aliphatic imine (C=N–C) groups is 1. The molecule has 0 aliphatic rings. The average molecular weight is 546 g/mol. The zero-order valence-corrected chi connectivity index (χ0v) is 20.3. The second-order valence-corrected chi connectivity index (χ2v) is 6.14. The van der Waals surface area contributed by atoms with Gasteiger partial charge in [-0.05, 0) is 48.9 Å². The van der Waals surface area contributed by atoms with Gasteiger partial charge in [0.15, 0.2) is 17.5 Å². The zero-order chi connectivity index (χ0) is 21.9. The van der Waals surface area contributed by atoms with E-state index in [0.717, 1.165) is 5.56 Å². The van der Waals surface area contributed by atoms with Gasteiger partial charge in [-0.15, -0.1) is 24.0 Å². The Bertz CT molecular complexity index is 853. The highest BCUT2D eigenvalue weighted by molar-refractivity contribution is 14.0. The van der Waals surface area contributed by atoms with Gasteiger partial charge in [0.25, 0.3) is 0 Å². The molecule has 2 aromatic carbocycles. The first kappa shape index (κ1) is 26.3. The molecule has 0 saturated heterocycles. The molecule has 2 aromatic rings. The molecule has 0 aromatic heterocycles. The maximum Gasteiger partial charge on any atom is 0.243 e. The van der Waals surface area contributed by atoms with Crippen molar-refractivity contribution in [2.45, 2.75) is 13.5 Å². The molecule has 170 valence electrons. The fraction of sp³-hybridized carbons (Fsp3) is 0.333. The molecular weight excluding hydrogens is 518 g/mol. The van der Waals surface area contributed by atoms with Crippen LogP contribution in [0.1, 0.15) is 12.5 Å². The van der Waals surface area contributed by atoms with E-state index in [-0.39, 0.29) is 42.2 Å². The van der Waals surface area contributed by atoms with Crippen LogP contribution in [0.15, 0.2) is 41.4 Å². The van der Waals surface area contributed by atoms with Gasteiger partial charge in [0, 0.05) is 12.2 Å². The number of anilines is 1. The minimum absolute atomic E-state index is 0. The van der Waals surface area contributed by atoms with Gasteiger partial charge in [0.1, 0.15) is 5.82 Å². The first-order valence-electron chi connectivity index (χ1n) is 9.37. The lowest BCUT2D eigenvalue weighted by molar-refractivity contribution is -0.115. The first-order valence-corrected chi connectivity index (χ1v) is 9.37. The van der Waals surface area contributed by atoms with Crippen molar-refractivity contribution in [3.8, 4) is 17.2 Å². The number of benzene rings is 2. The lowest BCUT2D eigenvalue weighted by Crippen LogP contribution is -2.41. The van der Waals surface area contributed by atoms with Crippen molar-refractivity contribution in [3.05, 3.63) is 47.8 Å². The quantitative estimate of drug-likeness (QED) is 0.254. The highest BCUT2D eigenvalue weighted by atomic mass is 127. The summed E-state index contributed by atoms with van der Waals surface area (Å²) in [5.41, 5.74) is 1.36. The van der Waals surface area contributed by atoms with Crippen LogP contribution in [0.5, 0.6) is 17.2 Å². The van der Waals surface area contributed by atoms with E-state index < -0.39 is 0 Å². The largest absolute Gasteiger partial charge is 0.493 e. The molecule has 0 radical (unpaired) electrons. The van der Waals surface area contributed by atoms with E-state index in [0.29, 0.717) is 42.0 Å². The van der Waals surface area contributed by atoms with Crippen molar-refractivity contribution in [2.75, 3.05) is 39.7 Å². The standard InChI is InChI=1S/C21H27FN4O4.HI/c1-5-23-21(25-13-19(27)26-16-8-6-15(22)7-9-16)24-12-14-10-17(28-2)20(30-4)18(11-14)29-3;/h6-11H,5,12-13H2,1-4H3,(H,26,27)(H2,23,24,25);1H. The lowest BCUT2D eigenvalue weighted by Gasteiger charge is -2.14. The molecule has 0 saturated carbocycles. The van der Waals surface area contributed by atoms with Gasteiger partial charge in [0.05, 0.1) is 34.4 Å². The summed E-state index contributed by atoms with van der Waals surface area (Å²) in [4.78, 5) is 16.6. The molecule has 3 N–H and O–H groups in total. The Morgan fingerprint density at radius 3 is 2.13 bits per heavy atom. The number of hydrogen-bond acceptors (Lipinski definition) is 5. The van der Waals surface area contributed by atoms with Crippen molar-refractivity contribution < 1.29 is 23.4 Å². The van der Waals surface area contributed by atoms with Gasteiger partial charge in [-0.1, -0.05) is 0 Å². The van der Waals surface area contributed by atoms with E-state index >= 15 is 0 Å². The Morgan fingerprint density at radius 2 is 1.61 bits per heavy atom. The van der Waals surface area contributed by atoms with E-state index in [4.69, 9.17) is 14.2 Å². The maximum absolute atomic E-state index is 13.0. The van der Waals surface area contributed by atoms with Crippen molar-refractivity contribution >= 4 is 41.5 Å². The maximum atomic E-state index is 13.0. The number of carbonyl (C=O) groups excluding carboxylic acids is 1. The number of halogens is 2. The predicted molar refractivity (Wildman–Crippen MR) is 129 cm³/mol. The molecule has 8 nitrogen and oxygen atoms in total. The van der Waals surface area contributed by atoms with Crippen LogP contribution in [-0.4, -0.2) is 46.3 Å². The molecule has 10 heteroatoms. The van der Waals surface area contributed by atoms with Gasteiger partial charge in [-0.2, -0.15) is 0 Å². The minimum Gasteiger partial charge on any atom is -0.493 e. The normalized spacial score (nSPS) is 10.5. The number of methoxy groups -OCH3 is 3. The number of rotatable bonds is 9. The summed E-state index contributed by atoms with van der Waals surface area (Å²) in [6.45, 7) is 2.87. The van der Waals surface area contributed by atoms with Crippen molar-refractivity contribution in [1.29, 1.82) is 0 Å². The molecule has 0 heterocycles. The smallest absolute Gasteiger partial charge is 0.243 e. The summed E-state index contributed by atoms with van der Waals surface area (Å²) in [7, 11) is 4.65. The van der Waals surface area contributed by atoms with E-state index in [1.165, 1.54) is 24.3 Å². The van der Waals surface area contributed by atoms with Gasteiger partial charge >= 0.3 is 0 Å². The van der Waals surface area contributed by atoms with E-state index in [2.05, 4.69) is 20.9 Å². The van der Waals surface area contributed by atoms with Crippen LogP contribution in [0, 0.1) is 5.82 Å². The van der Waals surface area contributed by atoms with Crippen LogP contribution >= 0.6 is 24.0 Å². The van der Waals surface area contributed by atoms with Crippen LogP contribution < -0.4 is 30.2 Å². The van der Waals surface area contributed by atoms with Crippen LogP contribution in [-0.2, 0) is 11.3 Å². The molecule has 0 unspecified atom stereocenters. The van der Waals surface area contributed by atoms with Gasteiger partial charge in [-0.3, -0.25) is 4.79 Å². The van der Waals surface area contributed by atoms with Gasteiger partial charge < -0.3 is 30.2 Å². The van der Waals surface area contributed by atoms with Crippen LogP contribution in [0.4, 0.5) is 10.1 Å². The Hall–Kier alpha value is -2.76. The van der Waals surface area contributed by atoms with Crippen molar-refractivity contribution in [3.63, 3.8) is 0 Å². The summed E-state index contributed by atoms with van der Waals surface area (Å²) < 4.78 is 29.0. The van der Waals surface area contributed by atoms with Crippen molar-refractivity contribution in [2.24, 2.45) is 4.99 Å². The number of nitrogens with one attached hydrogen (secondary N) is 3. The third-order valence-corrected chi connectivity index (χ3v) is 4.03. The zero-order valence-electron chi connectivity index (χ0n) is 18.0. The average Bonchev–Trinajstić information content (AvgIpc) is 2.76. The first-order chi connectivity index (χ1) is 14.5. The topological polar surface area (TPSA) is 93.2 Å². The molecule has 2 rings (SSSR count). The molecule has 1 amide bonds. The number of ether oxygens (including phenoxy) is 3. The molecule has 0 spiro atoms. The predicted octanol–water partition coefficient (Wildman–Crippen LogP) is 3.16. The molecule has 0 atom stereocenters. The number of guanidine groups is 1. The second kappa shape index (κ2) is 13.5. The third-order valence-electron chi connectivity index (χ3n) is 4.03. The highest BCUT2D eigenvalue weighted by Crippen LogP contribution is 2.38. The minimum atomic E-state index is -0.362. The van der Waals surface area contributed by atoms with Crippen LogP contribution in [0.3, 0.4) is 0 Å². The summed E-state index contributed by atoms with van der Waals surface area (Å²) in [6, 6.07) is 9.19. The van der Waals surface area contributed by atoms with Crippen molar-refractivity contribution in [1.82, 2.24) is 10.6 Å². The fourth-order valence-corrected chi connectivity index (χ4v) is 2.64. The molecule has 0 aliphatic carbocycles. The van der Waals surface area contributed by atoms with Gasteiger partial charge in [0.2, 0.25) is 11.7 Å². The lowest BCUT2D eigenvalue weighted by atomic mass is 10.2. The fourth-order valence-electron chi connectivity index (χ4n) is 2.64. The molecular formula is C21H28FIN4O4.